The third-order valence-corrected chi connectivity index (χ3v) is 4.75. The van der Waals surface area contributed by atoms with Crippen molar-refractivity contribution in [2.75, 3.05) is 18.0 Å². The van der Waals surface area contributed by atoms with Crippen LogP contribution in [0, 0.1) is 0 Å². The van der Waals surface area contributed by atoms with E-state index in [0.29, 0.717) is 5.95 Å². The molecule has 0 amide bonds. The number of halogens is 2. The molecule has 25 heavy (non-hydrogen) atoms. The van der Waals surface area contributed by atoms with E-state index in [2.05, 4.69) is 33.7 Å². The van der Waals surface area contributed by atoms with Crippen LogP contribution in [0.4, 0.5) is 5.95 Å². The van der Waals surface area contributed by atoms with E-state index in [9.17, 15) is 0 Å². The van der Waals surface area contributed by atoms with Crippen molar-refractivity contribution in [2.45, 2.75) is 90.9 Å². The van der Waals surface area contributed by atoms with Crippen LogP contribution in [0.2, 0.25) is 10.6 Å². The zero-order chi connectivity index (χ0) is 18.3. The minimum atomic E-state index is 0.172. The van der Waals surface area contributed by atoms with Crippen molar-refractivity contribution in [3.63, 3.8) is 0 Å². The Labute approximate surface area is 163 Å². The van der Waals surface area contributed by atoms with Gasteiger partial charge in [-0.05, 0) is 36.0 Å². The molecule has 0 spiro atoms. The Hall–Kier alpha value is -0.610. The number of hydrogen-bond acceptors (Lipinski definition) is 4. The van der Waals surface area contributed by atoms with Crippen LogP contribution < -0.4 is 4.90 Å². The highest BCUT2D eigenvalue weighted by Gasteiger charge is 2.12. The van der Waals surface area contributed by atoms with Gasteiger partial charge in [0.25, 0.3) is 0 Å². The molecule has 0 aromatic carbocycles. The van der Waals surface area contributed by atoms with Crippen molar-refractivity contribution in [3.05, 3.63) is 10.6 Å². The highest BCUT2D eigenvalue weighted by Crippen LogP contribution is 2.17. The summed E-state index contributed by atoms with van der Waals surface area (Å²) in [6.07, 6.45) is 15.3. The van der Waals surface area contributed by atoms with Gasteiger partial charge in [-0.15, -0.1) is 0 Å². The van der Waals surface area contributed by atoms with E-state index >= 15 is 0 Å². The molecular formula is C19H34Cl2N4. The van der Waals surface area contributed by atoms with Gasteiger partial charge >= 0.3 is 0 Å². The van der Waals surface area contributed by atoms with Gasteiger partial charge in [0.2, 0.25) is 16.5 Å². The average Bonchev–Trinajstić information content (AvgIpc) is 2.58. The molecule has 0 saturated carbocycles. The molecule has 0 aliphatic carbocycles. The third-order valence-electron chi connectivity index (χ3n) is 4.42. The minimum absolute atomic E-state index is 0.172. The quantitative estimate of drug-likeness (QED) is 0.313. The normalized spacial score (nSPS) is 11.0. The van der Waals surface area contributed by atoms with Crippen LogP contribution in [0.1, 0.15) is 90.9 Å². The molecule has 0 atom stereocenters. The number of aromatic nitrogens is 3. The van der Waals surface area contributed by atoms with E-state index in [4.69, 9.17) is 23.2 Å². The standard InChI is InChI=1S/C19H34Cl2N4/c1-3-5-7-9-11-13-15-25(16-14-12-10-8-6-4-2)19-23-17(20)22-18(21)24-19/h3-16H2,1-2H3. The van der Waals surface area contributed by atoms with Crippen molar-refractivity contribution in [2.24, 2.45) is 0 Å². The largest absolute Gasteiger partial charge is 0.341 e. The molecular weight excluding hydrogens is 355 g/mol. The number of hydrogen-bond donors (Lipinski definition) is 0. The topological polar surface area (TPSA) is 41.9 Å². The summed E-state index contributed by atoms with van der Waals surface area (Å²) in [5.41, 5.74) is 0. The second-order valence-electron chi connectivity index (χ2n) is 6.70. The van der Waals surface area contributed by atoms with Gasteiger partial charge in [-0.2, -0.15) is 15.0 Å². The lowest BCUT2D eigenvalue weighted by Crippen LogP contribution is -2.28. The van der Waals surface area contributed by atoms with Gasteiger partial charge < -0.3 is 4.90 Å². The Morgan fingerprint density at radius 1 is 0.600 bits per heavy atom. The molecule has 0 bridgehead atoms. The van der Waals surface area contributed by atoms with Crippen LogP contribution in [0.3, 0.4) is 0 Å². The first-order chi connectivity index (χ1) is 12.2. The Morgan fingerprint density at radius 2 is 1.00 bits per heavy atom. The van der Waals surface area contributed by atoms with E-state index in [-0.39, 0.29) is 10.6 Å². The summed E-state index contributed by atoms with van der Waals surface area (Å²) in [6.45, 7) is 6.41. The molecule has 0 saturated heterocycles. The van der Waals surface area contributed by atoms with Crippen molar-refractivity contribution >= 4 is 29.2 Å². The zero-order valence-corrected chi connectivity index (χ0v) is 17.5. The van der Waals surface area contributed by atoms with E-state index < -0.39 is 0 Å². The molecule has 144 valence electrons. The lowest BCUT2D eigenvalue weighted by molar-refractivity contribution is 0.570. The van der Waals surface area contributed by atoms with Crippen molar-refractivity contribution in [1.82, 2.24) is 15.0 Å². The van der Waals surface area contributed by atoms with Crippen LogP contribution in [0.15, 0.2) is 0 Å². The maximum atomic E-state index is 5.96. The summed E-state index contributed by atoms with van der Waals surface area (Å²) in [5, 5.41) is 0.344. The van der Waals surface area contributed by atoms with Gasteiger partial charge in [0, 0.05) is 13.1 Å². The molecule has 0 radical (unpaired) electrons. The molecule has 1 aromatic rings. The summed E-state index contributed by atoms with van der Waals surface area (Å²) in [4.78, 5) is 14.6. The summed E-state index contributed by atoms with van der Waals surface area (Å²) >= 11 is 11.9. The number of nitrogens with zero attached hydrogens (tertiary/aromatic N) is 4. The predicted octanol–water partition coefficient (Wildman–Crippen LogP) is 6.71. The van der Waals surface area contributed by atoms with Gasteiger partial charge in [0.15, 0.2) is 0 Å². The van der Waals surface area contributed by atoms with Crippen molar-refractivity contribution < 1.29 is 0 Å². The van der Waals surface area contributed by atoms with Crippen molar-refractivity contribution in [1.29, 1.82) is 0 Å². The Bertz CT molecular complexity index is 421. The van der Waals surface area contributed by atoms with Gasteiger partial charge in [-0.25, -0.2) is 0 Å². The number of anilines is 1. The molecule has 0 unspecified atom stereocenters. The van der Waals surface area contributed by atoms with E-state index in [1.165, 1.54) is 64.2 Å². The van der Waals surface area contributed by atoms with E-state index in [1.807, 2.05) is 0 Å². The van der Waals surface area contributed by atoms with Crippen LogP contribution in [0.25, 0.3) is 0 Å². The maximum Gasteiger partial charge on any atom is 0.230 e. The summed E-state index contributed by atoms with van der Waals surface area (Å²) in [5.74, 6) is 0.618. The Balaban J connectivity index is 2.46. The number of unbranched alkanes of at least 4 members (excludes halogenated alkanes) is 10. The first kappa shape index (κ1) is 22.4. The fraction of sp³-hybridized carbons (Fsp3) is 0.842. The molecule has 1 heterocycles. The molecule has 1 rings (SSSR count). The third kappa shape index (κ3) is 10.9. The Kier molecular flexibility index (Phi) is 13.1. The van der Waals surface area contributed by atoms with Gasteiger partial charge in [0.1, 0.15) is 0 Å². The van der Waals surface area contributed by atoms with Crippen LogP contribution in [-0.2, 0) is 0 Å². The van der Waals surface area contributed by atoms with Crippen molar-refractivity contribution in [3.8, 4) is 0 Å². The Morgan fingerprint density at radius 3 is 1.44 bits per heavy atom. The zero-order valence-electron chi connectivity index (χ0n) is 15.9. The first-order valence-electron chi connectivity index (χ1n) is 9.99. The number of rotatable bonds is 15. The van der Waals surface area contributed by atoms with Crippen LogP contribution in [0.5, 0.6) is 0 Å². The van der Waals surface area contributed by atoms with E-state index in [0.717, 1.165) is 25.9 Å². The average molecular weight is 389 g/mol. The lowest BCUT2D eigenvalue weighted by Gasteiger charge is -2.22. The molecule has 1 aromatic heterocycles. The fourth-order valence-corrected chi connectivity index (χ4v) is 3.29. The SMILES string of the molecule is CCCCCCCCN(CCCCCCCC)c1nc(Cl)nc(Cl)n1. The smallest absolute Gasteiger partial charge is 0.230 e. The fourth-order valence-electron chi connectivity index (χ4n) is 2.94. The predicted molar refractivity (Wildman–Crippen MR) is 109 cm³/mol. The molecule has 6 heteroatoms. The highest BCUT2D eigenvalue weighted by atomic mass is 35.5. The molecule has 0 N–H and O–H groups in total. The first-order valence-corrected chi connectivity index (χ1v) is 10.7. The van der Waals surface area contributed by atoms with Gasteiger partial charge in [0.05, 0.1) is 0 Å². The molecule has 0 aliphatic rings. The van der Waals surface area contributed by atoms with Crippen LogP contribution in [-0.4, -0.2) is 28.0 Å². The molecule has 4 nitrogen and oxygen atoms in total. The summed E-state index contributed by atoms with van der Waals surface area (Å²) < 4.78 is 0. The molecule has 0 fully saturated rings. The lowest BCUT2D eigenvalue weighted by atomic mass is 10.1. The van der Waals surface area contributed by atoms with Crippen LogP contribution >= 0.6 is 23.2 Å². The monoisotopic (exact) mass is 388 g/mol. The van der Waals surface area contributed by atoms with Gasteiger partial charge in [-0.3, -0.25) is 0 Å². The summed E-state index contributed by atoms with van der Waals surface area (Å²) in [6, 6.07) is 0. The second-order valence-corrected chi connectivity index (χ2v) is 7.37. The summed E-state index contributed by atoms with van der Waals surface area (Å²) in [7, 11) is 0. The minimum Gasteiger partial charge on any atom is -0.341 e. The molecule has 0 aliphatic heterocycles. The second kappa shape index (κ2) is 14.5. The van der Waals surface area contributed by atoms with E-state index in [1.54, 1.807) is 0 Å². The van der Waals surface area contributed by atoms with Gasteiger partial charge in [-0.1, -0.05) is 78.1 Å². The maximum absolute atomic E-state index is 5.96. The highest BCUT2D eigenvalue weighted by molar-refractivity contribution is 6.31.